The van der Waals surface area contributed by atoms with Crippen LogP contribution in [0.1, 0.15) is 30.0 Å². The number of rotatable bonds is 4. The molecule has 2 saturated heterocycles. The van der Waals surface area contributed by atoms with Crippen LogP contribution >= 0.6 is 11.6 Å². The highest BCUT2D eigenvalue weighted by Gasteiger charge is 2.47. The number of benzene rings is 1. The number of hydrogen-bond acceptors (Lipinski definition) is 5. The minimum Gasteiger partial charge on any atom is -0.481 e. The largest absolute Gasteiger partial charge is 0.481 e. The smallest absolute Gasteiger partial charge is 0.317 e. The molecule has 1 saturated carbocycles. The van der Waals surface area contributed by atoms with Gasteiger partial charge in [-0.3, -0.25) is 5.43 Å². The molecule has 1 aromatic carbocycles. The fourth-order valence-corrected chi connectivity index (χ4v) is 5.38. The fourth-order valence-electron chi connectivity index (χ4n) is 5.17. The number of halogens is 1. The predicted octanol–water partition coefficient (Wildman–Crippen LogP) is 2.88. The molecule has 5 unspecified atom stereocenters. The highest BCUT2D eigenvalue weighted by molar-refractivity contribution is 6.30. The van der Waals surface area contributed by atoms with E-state index in [0.29, 0.717) is 35.3 Å². The van der Waals surface area contributed by atoms with Gasteiger partial charge < -0.3 is 15.0 Å². The molecule has 158 valence electrons. The zero-order valence-electron chi connectivity index (χ0n) is 16.8. The van der Waals surface area contributed by atoms with E-state index in [0.717, 1.165) is 30.5 Å². The number of nitrogens with zero attached hydrogens (tertiary/aromatic N) is 2. The van der Waals surface area contributed by atoms with Crippen molar-refractivity contribution < 1.29 is 9.53 Å². The first kappa shape index (κ1) is 19.6. The van der Waals surface area contributed by atoms with E-state index < -0.39 is 0 Å². The molecule has 30 heavy (non-hydrogen) atoms. The van der Waals surface area contributed by atoms with Crippen LogP contribution in [0.3, 0.4) is 0 Å². The van der Waals surface area contributed by atoms with E-state index in [4.69, 9.17) is 16.3 Å². The maximum atomic E-state index is 12.7. The van der Waals surface area contributed by atoms with Crippen molar-refractivity contribution in [1.82, 2.24) is 26.1 Å². The quantitative estimate of drug-likeness (QED) is 0.699. The summed E-state index contributed by atoms with van der Waals surface area (Å²) in [5, 5.41) is 3.94. The van der Waals surface area contributed by atoms with Crippen molar-refractivity contribution >= 4 is 17.6 Å². The summed E-state index contributed by atoms with van der Waals surface area (Å²) in [6.45, 7) is 1.34. The fraction of sp³-hybridized carbons (Fsp3) is 0.455. The third-order valence-electron chi connectivity index (χ3n) is 6.66. The first-order valence-corrected chi connectivity index (χ1v) is 10.8. The van der Waals surface area contributed by atoms with E-state index in [1.165, 1.54) is 0 Å². The van der Waals surface area contributed by atoms with Gasteiger partial charge in [0.05, 0.1) is 13.2 Å². The topological polar surface area (TPSA) is 78.5 Å². The van der Waals surface area contributed by atoms with Crippen LogP contribution in [0.5, 0.6) is 5.88 Å². The number of pyridine rings is 1. The first-order valence-electron chi connectivity index (χ1n) is 10.4. The minimum absolute atomic E-state index is 0.0107. The van der Waals surface area contributed by atoms with E-state index in [2.05, 4.69) is 27.2 Å². The number of urea groups is 1. The Balaban J connectivity index is 1.30. The molecule has 2 amide bonds. The first-order chi connectivity index (χ1) is 14.6. The Morgan fingerprint density at radius 2 is 2.10 bits per heavy atom. The molecule has 0 bridgehead atoms. The van der Waals surface area contributed by atoms with Gasteiger partial charge in [-0.1, -0.05) is 29.8 Å². The van der Waals surface area contributed by atoms with Gasteiger partial charge in [-0.15, -0.1) is 0 Å². The molecule has 8 heteroatoms. The number of fused-ring (bicyclic) bond motifs is 2. The number of nitrogens with one attached hydrogen (secondary N) is 3. The summed E-state index contributed by atoms with van der Waals surface area (Å²) in [4.78, 5) is 19.0. The van der Waals surface area contributed by atoms with Gasteiger partial charge in [0.1, 0.15) is 0 Å². The maximum Gasteiger partial charge on any atom is 0.317 e. The summed E-state index contributed by atoms with van der Waals surface area (Å²) >= 11 is 6.12. The van der Waals surface area contributed by atoms with Gasteiger partial charge in [0.15, 0.2) is 0 Å². The van der Waals surface area contributed by atoms with Crippen LogP contribution in [-0.4, -0.2) is 41.7 Å². The summed E-state index contributed by atoms with van der Waals surface area (Å²) in [6.07, 6.45) is 3.86. The van der Waals surface area contributed by atoms with Gasteiger partial charge in [0, 0.05) is 42.5 Å². The lowest BCUT2D eigenvalue weighted by molar-refractivity contribution is 0.0961. The zero-order valence-corrected chi connectivity index (χ0v) is 17.6. The van der Waals surface area contributed by atoms with Gasteiger partial charge in [0.2, 0.25) is 5.88 Å². The van der Waals surface area contributed by atoms with Crippen molar-refractivity contribution in [2.75, 3.05) is 13.7 Å². The second kappa shape index (κ2) is 8.06. The molecule has 1 aliphatic carbocycles. The molecule has 3 aliphatic rings. The van der Waals surface area contributed by atoms with Gasteiger partial charge in [-0.2, -0.15) is 0 Å². The van der Waals surface area contributed by atoms with Crippen molar-refractivity contribution in [2.45, 2.75) is 37.5 Å². The predicted molar refractivity (Wildman–Crippen MR) is 114 cm³/mol. The van der Waals surface area contributed by atoms with Crippen molar-refractivity contribution in [3.63, 3.8) is 0 Å². The van der Waals surface area contributed by atoms with Gasteiger partial charge in [0.25, 0.3) is 0 Å². The molecule has 7 nitrogen and oxygen atoms in total. The van der Waals surface area contributed by atoms with Crippen LogP contribution < -0.4 is 20.9 Å². The monoisotopic (exact) mass is 427 g/mol. The van der Waals surface area contributed by atoms with Crippen LogP contribution in [-0.2, 0) is 6.54 Å². The Hall–Kier alpha value is -2.35. The molecule has 3 fully saturated rings. The van der Waals surface area contributed by atoms with Gasteiger partial charge in [-0.05, 0) is 47.9 Å². The van der Waals surface area contributed by atoms with Crippen molar-refractivity contribution in [3.05, 3.63) is 58.7 Å². The lowest BCUT2D eigenvalue weighted by Gasteiger charge is -2.45. The van der Waals surface area contributed by atoms with Crippen LogP contribution in [0.4, 0.5) is 4.79 Å². The second-order valence-electron chi connectivity index (χ2n) is 8.47. The van der Waals surface area contributed by atoms with Crippen LogP contribution in [0.25, 0.3) is 0 Å². The zero-order chi connectivity index (χ0) is 20.7. The molecule has 1 aromatic heterocycles. The Kier molecular flexibility index (Phi) is 5.26. The number of carbonyl (C=O) groups is 1. The summed E-state index contributed by atoms with van der Waals surface area (Å²) < 4.78 is 5.19. The number of ether oxygens (including phenoxy) is 1. The van der Waals surface area contributed by atoms with E-state index in [1.54, 1.807) is 7.11 Å². The summed E-state index contributed by atoms with van der Waals surface area (Å²) in [7, 11) is 1.63. The van der Waals surface area contributed by atoms with E-state index >= 15 is 0 Å². The minimum atomic E-state index is 0.0107. The Morgan fingerprint density at radius 1 is 1.20 bits per heavy atom. The number of hydrazine groups is 1. The second-order valence-corrected chi connectivity index (χ2v) is 8.90. The number of carbonyl (C=O) groups excluding carboxylic acids is 1. The van der Waals surface area contributed by atoms with Crippen molar-refractivity contribution in [1.29, 1.82) is 0 Å². The van der Waals surface area contributed by atoms with E-state index in [1.807, 2.05) is 41.4 Å². The highest BCUT2D eigenvalue weighted by Crippen LogP contribution is 2.42. The molecule has 2 aromatic rings. The molecule has 5 rings (SSSR count). The van der Waals surface area contributed by atoms with Crippen LogP contribution in [0.2, 0.25) is 5.02 Å². The molecular weight excluding hydrogens is 402 g/mol. The normalized spacial score (nSPS) is 30.4. The lowest BCUT2D eigenvalue weighted by Crippen LogP contribution is -2.60. The standard InChI is InChI=1S/C22H26ClN5O2/c1-30-20-6-5-14(10-24-20)21-17-8-15-12-28(11-13-3-2-4-16(23)7-13)22(29)25-18(15)9-19(17)26-27-21/h2-7,10,15,17-19,21,26-27H,8-9,11-12H2,1H3,(H,25,29). The average Bonchev–Trinajstić information content (AvgIpc) is 3.15. The van der Waals surface area contributed by atoms with Gasteiger partial charge in [-0.25, -0.2) is 15.2 Å². The number of aromatic nitrogens is 1. The van der Waals surface area contributed by atoms with E-state index in [9.17, 15) is 4.79 Å². The molecule has 0 spiro atoms. The lowest BCUT2D eigenvalue weighted by atomic mass is 9.71. The third kappa shape index (κ3) is 3.73. The van der Waals surface area contributed by atoms with E-state index in [-0.39, 0.29) is 18.1 Å². The summed E-state index contributed by atoms with van der Waals surface area (Å²) in [5.74, 6) is 1.49. The summed E-state index contributed by atoms with van der Waals surface area (Å²) in [6, 6.07) is 12.5. The average molecular weight is 428 g/mol. The molecule has 3 N–H and O–H groups in total. The molecule has 5 atom stereocenters. The summed E-state index contributed by atoms with van der Waals surface area (Å²) in [5.41, 5.74) is 9.12. The van der Waals surface area contributed by atoms with Crippen LogP contribution in [0, 0.1) is 11.8 Å². The van der Waals surface area contributed by atoms with Crippen LogP contribution in [0.15, 0.2) is 42.6 Å². The Labute approximate surface area is 181 Å². The third-order valence-corrected chi connectivity index (χ3v) is 6.90. The number of amides is 2. The molecule has 3 heterocycles. The maximum absolute atomic E-state index is 12.7. The van der Waals surface area contributed by atoms with Crippen molar-refractivity contribution in [2.24, 2.45) is 11.8 Å². The van der Waals surface area contributed by atoms with Crippen molar-refractivity contribution in [3.8, 4) is 5.88 Å². The molecule has 2 aliphatic heterocycles. The van der Waals surface area contributed by atoms with Gasteiger partial charge >= 0.3 is 6.03 Å². The number of hydrogen-bond donors (Lipinski definition) is 3. The SMILES string of the molecule is COc1ccc(C2NNC3CC4NC(=O)N(Cc5cccc(Cl)c5)CC4CC32)cn1. The molecular formula is C22H26ClN5O2. The highest BCUT2D eigenvalue weighted by atomic mass is 35.5. The number of methoxy groups -OCH3 is 1. The Bertz CT molecular complexity index is 924. The molecule has 0 radical (unpaired) electrons. The Morgan fingerprint density at radius 3 is 2.87 bits per heavy atom.